The minimum Gasteiger partial charge on any atom is -0.497 e. The van der Waals surface area contributed by atoms with Crippen molar-refractivity contribution in [3.8, 4) is 17.2 Å². The number of methoxy groups -OCH3 is 3. The van der Waals surface area contributed by atoms with Gasteiger partial charge in [0.05, 0.1) is 36.8 Å². The van der Waals surface area contributed by atoms with E-state index in [0.29, 0.717) is 24.6 Å². The molecule has 1 saturated heterocycles. The molecule has 1 heterocycles. The number of hydrogen-bond donors (Lipinski definition) is 1. The summed E-state index contributed by atoms with van der Waals surface area (Å²) in [4.78, 5) is -0.105. The van der Waals surface area contributed by atoms with Crippen LogP contribution in [0.25, 0.3) is 0 Å². The molecular weight excluding hydrogens is 444 g/mol. The molecule has 0 atom stereocenters. The number of sulfonamides is 2. The molecule has 31 heavy (non-hydrogen) atoms. The highest BCUT2D eigenvalue weighted by Gasteiger charge is 2.28. The zero-order chi connectivity index (χ0) is 22.6. The zero-order valence-corrected chi connectivity index (χ0v) is 19.3. The van der Waals surface area contributed by atoms with E-state index < -0.39 is 20.0 Å². The van der Waals surface area contributed by atoms with E-state index in [1.54, 1.807) is 6.07 Å². The normalized spacial score (nSPS) is 15.3. The highest BCUT2D eigenvalue weighted by molar-refractivity contribution is 7.92. The van der Waals surface area contributed by atoms with Gasteiger partial charge in [-0.1, -0.05) is 6.42 Å². The summed E-state index contributed by atoms with van der Waals surface area (Å²) in [5.74, 6) is 0.789. The molecule has 0 radical (unpaired) electrons. The van der Waals surface area contributed by atoms with E-state index in [-0.39, 0.29) is 21.2 Å². The first kappa shape index (κ1) is 23.2. The van der Waals surface area contributed by atoms with Gasteiger partial charge in [0.15, 0.2) is 0 Å². The van der Waals surface area contributed by atoms with Gasteiger partial charge in [-0.15, -0.1) is 0 Å². The molecule has 3 rings (SSSR count). The van der Waals surface area contributed by atoms with Gasteiger partial charge in [0.1, 0.15) is 17.2 Å². The molecule has 0 spiro atoms. The molecule has 0 unspecified atom stereocenters. The SMILES string of the molecule is COc1cc(OC)cc(S(=O)(=O)Nc2cc(S(=O)(=O)N3CCCCC3)ccc2OC)c1. The molecule has 9 nitrogen and oxygen atoms in total. The van der Waals surface area contributed by atoms with Gasteiger partial charge in [0, 0.05) is 31.3 Å². The minimum absolute atomic E-state index is 0.00359. The summed E-state index contributed by atoms with van der Waals surface area (Å²) >= 11 is 0. The van der Waals surface area contributed by atoms with Gasteiger partial charge < -0.3 is 14.2 Å². The van der Waals surface area contributed by atoms with E-state index in [4.69, 9.17) is 14.2 Å². The average molecular weight is 471 g/mol. The van der Waals surface area contributed by atoms with Crippen molar-refractivity contribution in [1.29, 1.82) is 0 Å². The van der Waals surface area contributed by atoms with Crippen LogP contribution in [0, 0.1) is 0 Å². The van der Waals surface area contributed by atoms with E-state index in [2.05, 4.69) is 4.72 Å². The predicted molar refractivity (Wildman–Crippen MR) is 116 cm³/mol. The number of benzene rings is 2. The van der Waals surface area contributed by atoms with Crippen molar-refractivity contribution >= 4 is 25.7 Å². The molecule has 0 aliphatic carbocycles. The average Bonchev–Trinajstić information content (AvgIpc) is 2.78. The van der Waals surface area contributed by atoms with Gasteiger partial charge in [0.25, 0.3) is 10.0 Å². The van der Waals surface area contributed by atoms with Gasteiger partial charge in [-0.2, -0.15) is 4.31 Å². The number of nitrogens with one attached hydrogen (secondary N) is 1. The Kier molecular flexibility index (Phi) is 6.97. The van der Waals surface area contributed by atoms with Crippen LogP contribution in [0.1, 0.15) is 19.3 Å². The van der Waals surface area contributed by atoms with E-state index in [0.717, 1.165) is 19.3 Å². The first-order chi connectivity index (χ1) is 14.7. The molecule has 2 aromatic rings. The number of rotatable bonds is 8. The number of piperidine rings is 1. The van der Waals surface area contributed by atoms with Crippen LogP contribution in [-0.4, -0.2) is 55.6 Å². The Morgan fingerprint density at radius 3 is 1.94 bits per heavy atom. The topological polar surface area (TPSA) is 111 Å². The lowest BCUT2D eigenvalue weighted by Crippen LogP contribution is -2.35. The quantitative estimate of drug-likeness (QED) is 0.631. The molecule has 2 aromatic carbocycles. The Morgan fingerprint density at radius 1 is 0.774 bits per heavy atom. The molecule has 0 amide bonds. The van der Waals surface area contributed by atoms with Crippen LogP contribution in [0.4, 0.5) is 5.69 Å². The summed E-state index contributed by atoms with van der Waals surface area (Å²) in [6, 6.07) is 8.34. The molecule has 1 N–H and O–H groups in total. The summed E-state index contributed by atoms with van der Waals surface area (Å²) in [5.41, 5.74) is 0.0161. The number of anilines is 1. The van der Waals surface area contributed by atoms with Gasteiger partial charge in [0.2, 0.25) is 10.0 Å². The Labute approximate surface area is 183 Å². The molecule has 0 bridgehead atoms. The molecule has 1 fully saturated rings. The summed E-state index contributed by atoms with van der Waals surface area (Å²) in [7, 11) is -3.64. The summed E-state index contributed by atoms with van der Waals surface area (Å²) in [6.07, 6.45) is 2.59. The summed E-state index contributed by atoms with van der Waals surface area (Å²) in [5, 5.41) is 0. The Bertz CT molecular complexity index is 1120. The van der Waals surface area contributed by atoms with Crippen LogP contribution in [0.2, 0.25) is 0 Å². The molecule has 11 heteroatoms. The molecular formula is C20H26N2O7S2. The van der Waals surface area contributed by atoms with Crippen LogP contribution in [0.15, 0.2) is 46.2 Å². The maximum absolute atomic E-state index is 13.0. The van der Waals surface area contributed by atoms with Gasteiger partial charge >= 0.3 is 0 Å². The molecule has 1 aliphatic heterocycles. The fourth-order valence-electron chi connectivity index (χ4n) is 3.32. The second-order valence-electron chi connectivity index (χ2n) is 6.98. The highest BCUT2D eigenvalue weighted by atomic mass is 32.2. The van der Waals surface area contributed by atoms with Gasteiger partial charge in [-0.25, -0.2) is 16.8 Å². The Morgan fingerprint density at radius 2 is 1.39 bits per heavy atom. The van der Waals surface area contributed by atoms with Crippen molar-refractivity contribution in [3.05, 3.63) is 36.4 Å². The third kappa shape index (κ3) is 5.05. The second-order valence-corrected chi connectivity index (χ2v) is 10.6. The van der Waals surface area contributed by atoms with Crippen molar-refractivity contribution in [3.63, 3.8) is 0 Å². The minimum atomic E-state index is -4.10. The smallest absolute Gasteiger partial charge is 0.262 e. The number of nitrogens with zero attached hydrogens (tertiary/aromatic N) is 1. The van der Waals surface area contributed by atoms with Gasteiger partial charge in [-0.05, 0) is 31.0 Å². The standard InChI is InChI=1S/C20H26N2O7S2/c1-27-15-11-16(28-2)13-18(12-15)30(23,24)21-19-14-17(7-8-20(19)29-3)31(25,26)22-9-5-4-6-10-22/h7-8,11-14,21H,4-6,9-10H2,1-3H3. The van der Waals surface area contributed by atoms with Crippen molar-refractivity contribution in [2.24, 2.45) is 0 Å². The van der Waals surface area contributed by atoms with Crippen molar-refractivity contribution < 1.29 is 31.0 Å². The van der Waals surface area contributed by atoms with E-state index >= 15 is 0 Å². The lowest BCUT2D eigenvalue weighted by Gasteiger charge is -2.26. The second kappa shape index (κ2) is 9.33. The fraction of sp³-hybridized carbons (Fsp3) is 0.400. The first-order valence-electron chi connectivity index (χ1n) is 9.65. The van der Waals surface area contributed by atoms with Gasteiger partial charge in [-0.3, -0.25) is 4.72 Å². The number of hydrogen-bond acceptors (Lipinski definition) is 7. The third-order valence-electron chi connectivity index (χ3n) is 5.00. The van der Waals surface area contributed by atoms with E-state index in [1.807, 2.05) is 0 Å². The third-order valence-corrected chi connectivity index (χ3v) is 8.24. The predicted octanol–water partition coefficient (Wildman–Crippen LogP) is 2.69. The van der Waals surface area contributed by atoms with Crippen LogP contribution < -0.4 is 18.9 Å². The highest BCUT2D eigenvalue weighted by Crippen LogP contribution is 2.33. The maximum atomic E-state index is 13.0. The molecule has 170 valence electrons. The Balaban J connectivity index is 1.99. The van der Waals surface area contributed by atoms with Crippen molar-refractivity contribution in [1.82, 2.24) is 4.31 Å². The van der Waals surface area contributed by atoms with Crippen LogP contribution >= 0.6 is 0 Å². The van der Waals surface area contributed by atoms with E-state index in [9.17, 15) is 16.8 Å². The molecule has 0 saturated carbocycles. The Hall–Kier alpha value is -2.50. The lowest BCUT2D eigenvalue weighted by molar-refractivity contribution is 0.346. The first-order valence-corrected chi connectivity index (χ1v) is 12.6. The largest absolute Gasteiger partial charge is 0.497 e. The summed E-state index contributed by atoms with van der Waals surface area (Å²) < 4.78 is 71.5. The zero-order valence-electron chi connectivity index (χ0n) is 17.6. The molecule has 1 aliphatic rings. The van der Waals surface area contributed by atoms with Crippen molar-refractivity contribution in [2.75, 3.05) is 39.1 Å². The lowest BCUT2D eigenvalue weighted by atomic mass is 10.2. The van der Waals surface area contributed by atoms with Crippen LogP contribution in [0.3, 0.4) is 0 Å². The molecule has 0 aromatic heterocycles. The van der Waals surface area contributed by atoms with Crippen LogP contribution in [-0.2, 0) is 20.0 Å². The van der Waals surface area contributed by atoms with Crippen molar-refractivity contribution in [2.45, 2.75) is 29.1 Å². The maximum Gasteiger partial charge on any atom is 0.262 e. The van der Waals surface area contributed by atoms with E-state index in [1.165, 1.54) is 56.0 Å². The fourth-order valence-corrected chi connectivity index (χ4v) is 5.98. The van der Waals surface area contributed by atoms with Crippen LogP contribution in [0.5, 0.6) is 17.2 Å². The summed E-state index contributed by atoms with van der Waals surface area (Å²) in [6.45, 7) is 0.887. The monoisotopic (exact) mass is 470 g/mol. The number of ether oxygens (including phenoxy) is 3.